The topological polar surface area (TPSA) is 87.7 Å². The van der Waals surface area contributed by atoms with Gasteiger partial charge >= 0.3 is 6.09 Å². The fourth-order valence-corrected chi connectivity index (χ4v) is 4.06. The molecule has 2 N–H and O–H groups in total. The highest BCUT2D eigenvalue weighted by Crippen LogP contribution is 2.24. The predicted molar refractivity (Wildman–Crippen MR) is 149 cm³/mol. The van der Waals surface area contributed by atoms with Gasteiger partial charge in [-0.15, -0.1) is 0 Å². The summed E-state index contributed by atoms with van der Waals surface area (Å²) in [5.41, 5.74) is 1.12. The SMILES string of the molecule is CCCCCCN(C(=O)C(CS)NC(=O)OC(C)(C)C)C(C(=O)NCCCCC)c1ccc(C)cc1. The lowest BCUT2D eigenvalue weighted by atomic mass is 10.0. The monoisotopic (exact) mass is 521 g/mol. The number of unbranched alkanes of at least 4 members (excludes halogenated alkanes) is 5. The molecule has 0 bridgehead atoms. The molecule has 0 aliphatic heterocycles. The van der Waals surface area contributed by atoms with Gasteiger partial charge in [-0.1, -0.05) is 75.8 Å². The van der Waals surface area contributed by atoms with E-state index in [1.54, 1.807) is 25.7 Å². The van der Waals surface area contributed by atoms with E-state index in [0.29, 0.717) is 13.1 Å². The Morgan fingerprint density at radius 3 is 2.14 bits per heavy atom. The zero-order valence-corrected chi connectivity index (χ0v) is 24.0. The molecular formula is C28H47N3O4S. The van der Waals surface area contributed by atoms with Crippen molar-refractivity contribution in [3.8, 4) is 0 Å². The summed E-state index contributed by atoms with van der Waals surface area (Å²) in [7, 11) is 0. The van der Waals surface area contributed by atoms with Crippen molar-refractivity contribution in [3.63, 3.8) is 0 Å². The second kappa shape index (κ2) is 16.5. The van der Waals surface area contributed by atoms with Crippen molar-refractivity contribution in [1.29, 1.82) is 0 Å². The number of carbonyl (C=O) groups is 3. The van der Waals surface area contributed by atoms with Gasteiger partial charge in [-0.3, -0.25) is 9.59 Å². The number of rotatable bonds is 15. The first-order valence-electron chi connectivity index (χ1n) is 13.3. The first-order valence-corrected chi connectivity index (χ1v) is 13.9. The molecule has 1 aromatic carbocycles. The number of hydrogen-bond donors (Lipinski definition) is 3. The lowest BCUT2D eigenvalue weighted by Crippen LogP contribution is -2.54. The van der Waals surface area contributed by atoms with Crippen LogP contribution >= 0.6 is 12.6 Å². The third-order valence-electron chi connectivity index (χ3n) is 5.74. The molecule has 1 aromatic rings. The van der Waals surface area contributed by atoms with Gasteiger partial charge < -0.3 is 20.3 Å². The second-order valence-electron chi connectivity index (χ2n) is 10.3. The standard InChI is InChI=1S/C28H47N3O4S/c1-7-9-11-13-19-31(26(33)23(20-36)30-27(34)35-28(4,5)6)24(22-16-14-21(3)15-17-22)25(32)29-18-12-10-8-2/h14-17,23-24,36H,7-13,18-20H2,1-6H3,(H,29,32)(H,30,34). The Morgan fingerprint density at radius 1 is 0.972 bits per heavy atom. The molecule has 0 saturated heterocycles. The Hall–Kier alpha value is -2.22. The third kappa shape index (κ3) is 11.7. The van der Waals surface area contributed by atoms with E-state index in [1.807, 2.05) is 31.2 Å². The van der Waals surface area contributed by atoms with Gasteiger partial charge in [0.1, 0.15) is 17.7 Å². The highest BCUT2D eigenvalue weighted by atomic mass is 32.1. The molecule has 0 spiro atoms. The van der Waals surface area contributed by atoms with Crippen LogP contribution in [0.15, 0.2) is 24.3 Å². The van der Waals surface area contributed by atoms with Crippen molar-refractivity contribution in [2.75, 3.05) is 18.8 Å². The third-order valence-corrected chi connectivity index (χ3v) is 6.11. The number of thiol groups is 1. The van der Waals surface area contributed by atoms with E-state index in [9.17, 15) is 14.4 Å². The second-order valence-corrected chi connectivity index (χ2v) is 10.7. The molecule has 0 aliphatic rings. The molecule has 0 aromatic heterocycles. The smallest absolute Gasteiger partial charge is 0.408 e. The van der Waals surface area contributed by atoms with Crippen LogP contribution in [0.2, 0.25) is 0 Å². The van der Waals surface area contributed by atoms with E-state index in [1.165, 1.54) is 0 Å². The van der Waals surface area contributed by atoms with Gasteiger partial charge in [0.25, 0.3) is 0 Å². The van der Waals surface area contributed by atoms with Crippen LogP contribution in [-0.4, -0.2) is 53.3 Å². The average molecular weight is 522 g/mol. The number of ether oxygens (including phenoxy) is 1. The van der Waals surface area contributed by atoms with Crippen LogP contribution < -0.4 is 10.6 Å². The van der Waals surface area contributed by atoms with E-state index in [4.69, 9.17) is 4.74 Å². The molecule has 2 unspecified atom stereocenters. The van der Waals surface area contributed by atoms with Gasteiger partial charge in [-0.25, -0.2) is 4.79 Å². The predicted octanol–water partition coefficient (Wildman–Crippen LogP) is 5.57. The van der Waals surface area contributed by atoms with E-state index in [0.717, 1.165) is 56.1 Å². The Balaban J connectivity index is 3.29. The summed E-state index contributed by atoms with van der Waals surface area (Å²) < 4.78 is 5.36. The molecule has 8 heteroatoms. The van der Waals surface area contributed by atoms with Crippen LogP contribution in [0.25, 0.3) is 0 Å². The summed E-state index contributed by atoms with van der Waals surface area (Å²) >= 11 is 4.34. The molecule has 1 rings (SSSR count). The zero-order valence-electron chi connectivity index (χ0n) is 23.1. The fraction of sp³-hybridized carbons (Fsp3) is 0.679. The first-order chi connectivity index (χ1) is 17.0. The minimum Gasteiger partial charge on any atom is -0.444 e. The van der Waals surface area contributed by atoms with Crippen molar-refractivity contribution in [3.05, 3.63) is 35.4 Å². The van der Waals surface area contributed by atoms with Crippen LogP contribution in [0, 0.1) is 6.92 Å². The minimum absolute atomic E-state index is 0.0856. The van der Waals surface area contributed by atoms with Crippen LogP contribution in [0.5, 0.6) is 0 Å². The number of alkyl carbamates (subject to hydrolysis) is 1. The molecule has 0 heterocycles. The molecule has 2 atom stereocenters. The summed E-state index contributed by atoms with van der Waals surface area (Å²) in [5.74, 6) is -0.474. The van der Waals surface area contributed by atoms with E-state index in [2.05, 4.69) is 37.1 Å². The number of amides is 3. The summed E-state index contributed by atoms with van der Waals surface area (Å²) in [6.45, 7) is 12.5. The van der Waals surface area contributed by atoms with Crippen molar-refractivity contribution >= 4 is 30.5 Å². The summed E-state index contributed by atoms with van der Waals surface area (Å²) in [4.78, 5) is 41.4. The zero-order chi connectivity index (χ0) is 27.1. The number of nitrogens with one attached hydrogen (secondary N) is 2. The van der Waals surface area contributed by atoms with Crippen LogP contribution in [0.3, 0.4) is 0 Å². The Bertz CT molecular complexity index is 808. The van der Waals surface area contributed by atoms with Gasteiger partial charge in [0.15, 0.2) is 0 Å². The maximum Gasteiger partial charge on any atom is 0.408 e. The lowest BCUT2D eigenvalue weighted by Gasteiger charge is -2.34. The van der Waals surface area contributed by atoms with Crippen LogP contribution in [0.1, 0.15) is 96.7 Å². The number of benzene rings is 1. The normalized spacial score (nSPS) is 13.0. The minimum atomic E-state index is -0.921. The average Bonchev–Trinajstić information content (AvgIpc) is 2.81. The van der Waals surface area contributed by atoms with Gasteiger partial charge in [-0.05, 0) is 46.1 Å². The summed E-state index contributed by atoms with van der Waals surface area (Å²) in [6.07, 6.45) is 6.10. The van der Waals surface area contributed by atoms with Crippen molar-refractivity contribution in [2.24, 2.45) is 0 Å². The molecule has 0 fully saturated rings. The summed E-state index contributed by atoms with van der Waals surface area (Å²) in [5, 5.41) is 5.69. The Kier molecular flexibility index (Phi) is 14.6. The van der Waals surface area contributed by atoms with Gasteiger partial charge in [0.2, 0.25) is 11.8 Å². The Morgan fingerprint density at radius 2 is 1.58 bits per heavy atom. The molecule has 7 nitrogen and oxygen atoms in total. The van der Waals surface area contributed by atoms with Crippen molar-refractivity contribution in [1.82, 2.24) is 15.5 Å². The molecule has 0 radical (unpaired) electrons. The summed E-state index contributed by atoms with van der Waals surface area (Å²) in [6, 6.07) is 5.96. The largest absolute Gasteiger partial charge is 0.444 e. The van der Waals surface area contributed by atoms with Gasteiger partial charge in [0.05, 0.1) is 0 Å². The van der Waals surface area contributed by atoms with Crippen molar-refractivity contribution < 1.29 is 19.1 Å². The van der Waals surface area contributed by atoms with E-state index >= 15 is 0 Å². The molecule has 0 aliphatic carbocycles. The molecule has 36 heavy (non-hydrogen) atoms. The lowest BCUT2D eigenvalue weighted by molar-refractivity contribution is -0.142. The van der Waals surface area contributed by atoms with E-state index < -0.39 is 23.8 Å². The molecular weight excluding hydrogens is 474 g/mol. The first kappa shape index (κ1) is 31.8. The number of hydrogen-bond acceptors (Lipinski definition) is 5. The van der Waals surface area contributed by atoms with Gasteiger partial charge in [0, 0.05) is 18.8 Å². The van der Waals surface area contributed by atoms with Crippen LogP contribution in [-0.2, 0) is 14.3 Å². The van der Waals surface area contributed by atoms with E-state index in [-0.39, 0.29) is 17.6 Å². The highest BCUT2D eigenvalue weighted by Gasteiger charge is 2.35. The Labute approximate surface area is 223 Å². The number of carbonyl (C=O) groups excluding carboxylic acids is 3. The maximum atomic E-state index is 13.8. The van der Waals surface area contributed by atoms with Gasteiger partial charge in [-0.2, -0.15) is 12.6 Å². The quantitative estimate of drug-likeness (QED) is 0.208. The number of nitrogens with zero attached hydrogens (tertiary/aromatic N) is 1. The highest BCUT2D eigenvalue weighted by molar-refractivity contribution is 7.80. The number of aryl methyl sites for hydroxylation is 1. The van der Waals surface area contributed by atoms with Crippen LogP contribution in [0.4, 0.5) is 4.79 Å². The molecule has 0 saturated carbocycles. The molecule has 204 valence electrons. The van der Waals surface area contributed by atoms with Crippen molar-refractivity contribution in [2.45, 2.75) is 104 Å². The maximum absolute atomic E-state index is 13.8. The fourth-order valence-electron chi connectivity index (χ4n) is 3.82. The molecule has 3 amide bonds.